The van der Waals surface area contributed by atoms with Crippen LogP contribution in [-0.4, -0.2) is 47.6 Å². The standard InChI is InChI=1S/C15H19ClN4O2S2/c1-10-18-19-15(24-10)23-7-6-17-14(21)20(2)9-11-8-12(16)4-5-13(11)22-3/h4-5,8H,6-7,9H2,1-3H3,(H,17,21). The molecule has 0 bridgehead atoms. The molecule has 2 aromatic rings. The molecule has 1 heterocycles. The highest BCUT2D eigenvalue weighted by Gasteiger charge is 2.12. The molecule has 1 N–H and O–H groups in total. The lowest BCUT2D eigenvalue weighted by atomic mass is 10.2. The van der Waals surface area contributed by atoms with Gasteiger partial charge in [0.1, 0.15) is 10.8 Å². The highest BCUT2D eigenvalue weighted by atomic mass is 35.5. The van der Waals surface area contributed by atoms with Gasteiger partial charge in [-0.1, -0.05) is 34.7 Å². The first-order valence-corrected chi connectivity index (χ1v) is 9.42. The first-order valence-electron chi connectivity index (χ1n) is 7.24. The molecule has 0 saturated carbocycles. The smallest absolute Gasteiger partial charge is 0.317 e. The number of nitrogens with zero attached hydrogens (tertiary/aromatic N) is 3. The number of hydrogen-bond donors (Lipinski definition) is 1. The molecule has 2 rings (SSSR count). The van der Waals surface area contributed by atoms with Crippen molar-refractivity contribution in [1.29, 1.82) is 0 Å². The van der Waals surface area contributed by atoms with Gasteiger partial charge < -0.3 is 15.0 Å². The number of methoxy groups -OCH3 is 1. The van der Waals surface area contributed by atoms with Gasteiger partial charge in [0.15, 0.2) is 4.34 Å². The third-order valence-corrected chi connectivity index (χ3v) is 5.32. The monoisotopic (exact) mass is 386 g/mol. The molecule has 0 aliphatic heterocycles. The molecular weight excluding hydrogens is 368 g/mol. The van der Waals surface area contributed by atoms with E-state index >= 15 is 0 Å². The summed E-state index contributed by atoms with van der Waals surface area (Å²) in [6.07, 6.45) is 0. The average molecular weight is 387 g/mol. The Hall–Kier alpha value is -1.51. The van der Waals surface area contributed by atoms with Gasteiger partial charge in [0.2, 0.25) is 0 Å². The summed E-state index contributed by atoms with van der Waals surface area (Å²) in [5.74, 6) is 1.45. The summed E-state index contributed by atoms with van der Waals surface area (Å²) in [5.41, 5.74) is 0.862. The Bertz CT molecular complexity index is 696. The average Bonchev–Trinajstić information content (AvgIpc) is 2.97. The van der Waals surface area contributed by atoms with E-state index in [0.717, 1.165) is 20.7 Å². The molecule has 0 radical (unpaired) electrons. The molecule has 0 saturated heterocycles. The largest absolute Gasteiger partial charge is 0.496 e. The lowest BCUT2D eigenvalue weighted by Gasteiger charge is -2.19. The molecule has 24 heavy (non-hydrogen) atoms. The Morgan fingerprint density at radius 1 is 1.46 bits per heavy atom. The Morgan fingerprint density at radius 2 is 2.25 bits per heavy atom. The zero-order valence-corrected chi connectivity index (χ0v) is 16.1. The van der Waals surface area contributed by atoms with Crippen molar-refractivity contribution < 1.29 is 9.53 Å². The third-order valence-electron chi connectivity index (χ3n) is 3.11. The van der Waals surface area contributed by atoms with Gasteiger partial charge in [0.25, 0.3) is 0 Å². The highest BCUT2D eigenvalue weighted by molar-refractivity contribution is 8.01. The second-order valence-corrected chi connectivity index (χ2v) is 7.94. The second-order valence-electron chi connectivity index (χ2n) is 4.98. The summed E-state index contributed by atoms with van der Waals surface area (Å²) in [6.45, 7) is 2.89. The van der Waals surface area contributed by atoms with Crippen molar-refractivity contribution in [2.24, 2.45) is 0 Å². The van der Waals surface area contributed by atoms with Crippen LogP contribution >= 0.6 is 34.7 Å². The van der Waals surface area contributed by atoms with Gasteiger partial charge in [0.05, 0.1) is 13.7 Å². The van der Waals surface area contributed by atoms with Crippen LogP contribution in [0.1, 0.15) is 10.6 Å². The molecule has 6 nitrogen and oxygen atoms in total. The van der Waals surface area contributed by atoms with E-state index < -0.39 is 0 Å². The first kappa shape index (κ1) is 18.8. The van der Waals surface area contributed by atoms with Crippen LogP contribution in [0.3, 0.4) is 0 Å². The van der Waals surface area contributed by atoms with Crippen molar-refractivity contribution in [3.05, 3.63) is 33.8 Å². The summed E-state index contributed by atoms with van der Waals surface area (Å²) in [5, 5.41) is 12.4. The molecule has 0 aliphatic carbocycles. The van der Waals surface area contributed by atoms with Gasteiger partial charge in [-0.25, -0.2) is 4.79 Å². The topological polar surface area (TPSA) is 67.3 Å². The molecule has 0 aliphatic rings. The van der Waals surface area contributed by atoms with E-state index in [4.69, 9.17) is 16.3 Å². The van der Waals surface area contributed by atoms with Crippen molar-refractivity contribution in [3.8, 4) is 5.75 Å². The van der Waals surface area contributed by atoms with Crippen LogP contribution in [0.4, 0.5) is 4.79 Å². The molecule has 9 heteroatoms. The zero-order chi connectivity index (χ0) is 17.5. The number of hydrogen-bond acceptors (Lipinski definition) is 6. The van der Waals surface area contributed by atoms with E-state index in [-0.39, 0.29) is 6.03 Å². The molecule has 1 aromatic carbocycles. The predicted octanol–water partition coefficient (Wildman–Crippen LogP) is 3.44. The molecule has 1 aromatic heterocycles. The van der Waals surface area contributed by atoms with E-state index in [1.807, 2.05) is 6.92 Å². The fraction of sp³-hybridized carbons (Fsp3) is 0.400. The molecule has 130 valence electrons. The number of benzene rings is 1. The van der Waals surface area contributed by atoms with Crippen LogP contribution in [0.2, 0.25) is 5.02 Å². The fourth-order valence-corrected chi connectivity index (χ4v) is 3.90. The third kappa shape index (κ3) is 5.54. The van der Waals surface area contributed by atoms with Crippen LogP contribution in [-0.2, 0) is 6.54 Å². The number of urea groups is 1. The van der Waals surface area contributed by atoms with Gasteiger partial charge in [-0.15, -0.1) is 10.2 Å². The molecular formula is C15H19ClN4O2S2. The van der Waals surface area contributed by atoms with Crippen LogP contribution in [0.25, 0.3) is 0 Å². The van der Waals surface area contributed by atoms with Gasteiger partial charge >= 0.3 is 6.03 Å². The van der Waals surface area contributed by atoms with Gasteiger partial charge in [-0.05, 0) is 25.1 Å². The first-order chi connectivity index (χ1) is 11.5. The van der Waals surface area contributed by atoms with E-state index in [2.05, 4.69) is 15.5 Å². The highest BCUT2D eigenvalue weighted by Crippen LogP contribution is 2.24. The number of aryl methyl sites for hydroxylation is 1. The van der Waals surface area contributed by atoms with E-state index in [0.29, 0.717) is 23.9 Å². The lowest BCUT2D eigenvalue weighted by Crippen LogP contribution is -2.37. The SMILES string of the molecule is COc1ccc(Cl)cc1CN(C)C(=O)NCCSc1nnc(C)s1. The molecule has 0 fully saturated rings. The Morgan fingerprint density at radius 3 is 2.92 bits per heavy atom. The summed E-state index contributed by atoms with van der Waals surface area (Å²) in [4.78, 5) is 13.7. The molecule has 2 amide bonds. The fourth-order valence-electron chi connectivity index (χ4n) is 1.97. The Labute approximate surface area is 154 Å². The van der Waals surface area contributed by atoms with Crippen molar-refractivity contribution in [3.63, 3.8) is 0 Å². The Kier molecular flexibility index (Phi) is 7.14. The van der Waals surface area contributed by atoms with E-state index in [9.17, 15) is 4.79 Å². The maximum Gasteiger partial charge on any atom is 0.317 e. The van der Waals surface area contributed by atoms with Gasteiger partial charge in [-0.3, -0.25) is 0 Å². The number of halogens is 1. The lowest BCUT2D eigenvalue weighted by molar-refractivity contribution is 0.207. The van der Waals surface area contributed by atoms with E-state index in [1.54, 1.807) is 60.4 Å². The van der Waals surface area contributed by atoms with Crippen molar-refractivity contribution in [2.45, 2.75) is 17.8 Å². The predicted molar refractivity (Wildman–Crippen MR) is 98.2 cm³/mol. The van der Waals surface area contributed by atoms with Crippen molar-refractivity contribution >= 4 is 40.7 Å². The quantitative estimate of drug-likeness (QED) is 0.583. The molecule has 0 atom stereocenters. The normalized spacial score (nSPS) is 10.5. The number of carbonyl (C=O) groups excluding carboxylic acids is 1. The van der Waals surface area contributed by atoms with Gasteiger partial charge in [0, 0.05) is 29.9 Å². The van der Waals surface area contributed by atoms with Gasteiger partial charge in [-0.2, -0.15) is 0 Å². The van der Waals surface area contributed by atoms with Crippen LogP contribution in [0.5, 0.6) is 5.75 Å². The minimum Gasteiger partial charge on any atom is -0.496 e. The van der Waals surface area contributed by atoms with Crippen molar-refractivity contribution in [2.75, 3.05) is 26.5 Å². The number of thioether (sulfide) groups is 1. The van der Waals surface area contributed by atoms with Crippen LogP contribution < -0.4 is 10.1 Å². The summed E-state index contributed by atoms with van der Waals surface area (Å²) in [6, 6.07) is 5.21. The minimum atomic E-state index is -0.147. The molecule has 0 unspecified atom stereocenters. The number of aromatic nitrogens is 2. The number of carbonyl (C=O) groups is 1. The van der Waals surface area contributed by atoms with Crippen LogP contribution in [0, 0.1) is 6.92 Å². The number of ether oxygens (including phenoxy) is 1. The zero-order valence-electron chi connectivity index (χ0n) is 13.7. The number of nitrogens with one attached hydrogen (secondary N) is 1. The van der Waals surface area contributed by atoms with Crippen molar-refractivity contribution in [1.82, 2.24) is 20.4 Å². The maximum atomic E-state index is 12.2. The summed E-state index contributed by atoms with van der Waals surface area (Å²) in [7, 11) is 3.33. The van der Waals surface area contributed by atoms with E-state index in [1.165, 1.54) is 0 Å². The minimum absolute atomic E-state index is 0.147. The van der Waals surface area contributed by atoms with Crippen LogP contribution in [0.15, 0.2) is 22.5 Å². The summed E-state index contributed by atoms with van der Waals surface area (Å²) >= 11 is 9.14. The molecule has 0 spiro atoms. The summed E-state index contributed by atoms with van der Waals surface area (Å²) < 4.78 is 6.21. The number of amides is 2. The Balaban J connectivity index is 1.78. The maximum absolute atomic E-state index is 12.2. The second kappa shape index (κ2) is 9.10. The number of rotatable bonds is 7.